The third-order valence-corrected chi connectivity index (χ3v) is 1.85. The maximum absolute atomic E-state index is 5.37. The van der Waals surface area contributed by atoms with Gasteiger partial charge in [0.15, 0.2) is 11.3 Å². The lowest BCUT2D eigenvalue weighted by molar-refractivity contribution is 0.250. The predicted molar refractivity (Wildman–Crippen MR) is 51.7 cm³/mol. The highest BCUT2D eigenvalue weighted by molar-refractivity contribution is 5.79. The summed E-state index contributed by atoms with van der Waals surface area (Å²) in [6.45, 7) is 2.42. The first-order chi connectivity index (χ1) is 6.85. The van der Waals surface area contributed by atoms with Gasteiger partial charge in [-0.1, -0.05) is 6.07 Å². The molecule has 1 aromatic carbocycles. The van der Waals surface area contributed by atoms with Gasteiger partial charge < -0.3 is 13.9 Å². The topological polar surface area (TPSA) is 44.5 Å². The fourth-order valence-electron chi connectivity index (χ4n) is 1.25. The van der Waals surface area contributed by atoms with Crippen molar-refractivity contribution in [2.75, 3.05) is 13.7 Å². The van der Waals surface area contributed by atoms with Crippen molar-refractivity contribution in [3.8, 4) is 11.8 Å². The van der Waals surface area contributed by atoms with E-state index in [0.29, 0.717) is 17.9 Å². The summed E-state index contributed by atoms with van der Waals surface area (Å²) in [7, 11) is 1.59. The van der Waals surface area contributed by atoms with Gasteiger partial charge in [0.25, 0.3) is 0 Å². The molecule has 0 spiro atoms. The first-order valence-electron chi connectivity index (χ1n) is 4.41. The predicted octanol–water partition coefficient (Wildman–Crippen LogP) is 2.24. The van der Waals surface area contributed by atoms with Crippen molar-refractivity contribution in [3.63, 3.8) is 0 Å². The molecule has 0 atom stereocenters. The van der Waals surface area contributed by atoms with E-state index in [4.69, 9.17) is 13.9 Å². The smallest absolute Gasteiger partial charge is 0.394 e. The molecular formula is C10H11NO3. The van der Waals surface area contributed by atoms with Crippen LogP contribution in [0.3, 0.4) is 0 Å². The number of hydrogen-bond acceptors (Lipinski definition) is 4. The van der Waals surface area contributed by atoms with Crippen molar-refractivity contribution in [1.29, 1.82) is 0 Å². The third-order valence-electron chi connectivity index (χ3n) is 1.85. The van der Waals surface area contributed by atoms with Crippen LogP contribution >= 0.6 is 0 Å². The van der Waals surface area contributed by atoms with Crippen LogP contribution < -0.4 is 9.47 Å². The van der Waals surface area contributed by atoms with Crippen LogP contribution in [-0.4, -0.2) is 18.7 Å². The Morgan fingerprint density at radius 3 is 3.00 bits per heavy atom. The number of hydrogen-bond donors (Lipinski definition) is 0. The molecule has 14 heavy (non-hydrogen) atoms. The normalized spacial score (nSPS) is 10.4. The second-order valence-electron chi connectivity index (χ2n) is 2.72. The molecule has 0 aliphatic heterocycles. The number of aromatic nitrogens is 1. The molecule has 0 radical (unpaired) electrons. The van der Waals surface area contributed by atoms with Crippen LogP contribution in [0.1, 0.15) is 6.92 Å². The van der Waals surface area contributed by atoms with E-state index in [2.05, 4.69) is 4.98 Å². The Morgan fingerprint density at radius 1 is 1.43 bits per heavy atom. The number of benzene rings is 1. The highest BCUT2D eigenvalue weighted by Gasteiger charge is 2.10. The molecular weight excluding hydrogens is 182 g/mol. The first kappa shape index (κ1) is 8.87. The number of oxazole rings is 1. The molecule has 0 N–H and O–H groups in total. The lowest BCUT2D eigenvalue weighted by atomic mass is 10.3. The zero-order valence-electron chi connectivity index (χ0n) is 8.11. The van der Waals surface area contributed by atoms with E-state index in [1.807, 2.05) is 25.1 Å². The molecule has 0 bridgehead atoms. The summed E-state index contributed by atoms with van der Waals surface area (Å²) in [5.41, 5.74) is 1.37. The van der Waals surface area contributed by atoms with Crippen LogP contribution in [0.2, 0.25) is 0 Å². The minimum absolute atomic E-state index is 0.284. The molecule has 1 aromatic heterocycles. The van der Waals surface area contributed by atoms with Crippen molar-refractivity contribution < 1.29 is 13.9 Å². The average Bonchev–Trinajstić information content (AvgIpc) is 2.60. The van der Waals surface area contributed by atoms with Gasteiger partial charge in [-0.05, 0) is 19.1 Å². The number of para-hydroxylation sites is 1. The highest BCUT2D eigenvalue weighted by Crippen LogP contribution is 2.28. The summed E-state index contributed by atoms with van der Waals surface area (Å²) < 4.78 is 15.7. The number of methoxy groups -OCH3 is 1. The van der Waals surface area contributed by atoms with Crippen LogP contribution in [-0.2, 0) is 0 Å². The summed E-state index contributed by atoms with van der Waals surface area (Å²) in [6, 6.07) is 5.53. The minimum Gasteiger partial charge on any atom is -0.493 e. The summed E-state index contributed by atoms with van der Waals surface area (Å²) >= 11 is 0. The fraction of sp³-hybridized carbons (Fsp3) is 0.300. The van der Waals surface area contributed by atoms with E-state index in [0.717, 1.165) is 5.52 Å². The molecule has 0 unspecified atom stereocenters. The van der Waals surface area contributed by atoms with Crippen molar-refractivity contribution in [2.45, 2.75) is 6.92 Å². The molecule has 2 rings (SSSR count). The zero-order valence-corrected chi connectivity index (χ0v) is 8.11. The molecule has 74 valence electrons. The van der Waals surface area contributed by atoms with E-state index in [9.17, 15) is 0 Å². The second-order valence-corrected chi connectivity index (χ2v) is 2.72. The minimum atomic E-state index is 0.284. The molecule has 0 saturated carbocycles. The van der Waals surface area contributed by atoms with Gasteiger partial charge in [-0.25, -0.2) is 0 Å². The van der Waals surface area contributed by atoms with E-state index < -0.39 is 0 Å². The fourth-order valence-corrected chi connectivity index (χ4v) is 1.25. The van der Waals surface area contributed by atoms with Crippen LogP contribution in [0.25, 0.3) is 11.1 Å². The molecule has 4 heteroatoms. The van der Waals surface area contributed by atoms with Crippen molar-refractivity contribution in [1.82, 2.24) is 4.98 Å². The van der Waals surface area contributed by atoms with E-state index in [-0.39, 0.29) is 6.08 Å². The van der Waals surface area contributed by atoms with Crippen molar-refractivity contribution in [2.24, 2.45) is 0 Å². The highest BCUT2D eigenvalue weighted by atomic mass is 16.6. The Labute approximate surface area is 81.4 Å². The lowest BCUT2D eigenvalue weighted by Crippen LogP contribution is -1.89. The number of ether oxygens (including phenoxy) is 2. The molecule has 0 fully saturated rings. The molecule has 0 saturated heterocycles. The third kappa shape index (κ3) is 1.39. The van der Waals surface area contributed by atoms with Crippen molar-refractivity contribution in [3.05, 3.63) is 18.2 Å². The van der Waals surface area contributed by atoms with Crippen LogP contribution in [0.15, 0.2) is 22.6 Å². The van der Waals surface area contributed by atoms with E-state index in [1.54, 1.807) is 7.11 Å². The quantitative estimate of drug-likeness (QED) is 0.749. The van der Waals surface area contributed by atoms with Gasteiger partial charge in [0.05, 0.1) is 13.7 Å². The van der Waals surface area contributed by atoms with Gasteiger partial charge in [0.2, 0.25) is 0 Å². The Bertz CT molecular complexity index is 436. The monoisotopic (exact) mass is 193 g/mol. The van der Waals surface area contributed by atoms with Gasteiger partial charge in [0, 0.05) is 0 Å². The summed E-state index contributed by atoms with van der Waals surface area (Å²) in [4.78, 5) is 4.14. The van der Waals surface area contributed by atoms with Crippen LogP contribution in [0.4, 0.5) is 0 Å². The van der Waals surface area contributed by atoms with Gasteiger partial charge in [-0.15, -0.1) is 0 Å². The van der Waals surface area contributed by atoms with Crippen LogP contribution in [0.5, 0.6) is 11.8 Å². The maximum Gasteiger partial charge on any atom is 0.394 e. The van der Waals surface area contributed by atoms with Gasteiger partial charge >= 0.3 is 6.08 Å². The molecule has 1 heterocycles. The Morgan fingerprint density at radius 2 is 2.29 bits per heavy atom. The summed E-state index contributed by atoms with van der Waals surface area (Å²) in [5, 5.41) is 0. The second kappa shape index (κ2) is 3.57. The molecule has 2 aromatic rings. The Balaban J connectivity index is 2.52. The molecule has 0 aliphatic rings. The van der Waals surface area contributed by atoms with Crippen molar-refractivity contribution >= 4 is 11.1 Å². The Kier molecular flexibility index (Phi) is 2.26. The largest absolute Gasteiger partial charge is 0.493 e. The van der Waals surface area contributed by atoms with Crippen LogP contribution in [0, 0.1) is 0 Å². The number of rotatable bonds is 3. The van der Waals surface area contributed by atoms with Gasteiger partial charge in [0.1, 0.15) is 5.52 Å². The molecule has 0 amide bonds. The van der Waals surface area contributed by atoms with Gasteiger partial charge in [-0.3, -0.25) is 0 Å². The Hall–Kier alpha value is -1.71. The van der Waals surface area contributed by atoms with E-state index >= 15 is 0 Å². The number of fused-ring (bicyclic) bond motifs is 1. The van der Waals surface area contributed by atoms with E-state index in [1.165, 1.54) is 0 Å². The molecule has 0 aliphatic carbocycles. The standard InChI is InChI=1S/C10H11NO3/c1-3-13-10-11-7-5-4-6-8(12-2)9(7)14-10/h4-6H,3H2,1-2H3. The molecule has 4 nitrogen and oxygen atoms in total. The maximum atomic E-state index is 5.37. The lowest BCUT2D eigenvalue weighted by Gasteiger charge is -1.97. The summed E-state index contributed by atoms with van der Waals surface area (Å²) in [5.74, 6) is 0.668. The first-order valence-corrected chi connectivity index (χ1v) is 4.41. The SMILES string of the molecule is CCOc1nc2cccc(OC)c2o1. The average molecular weight is 193 g/mol. The van der Waals surface area contributed by atoms with Gasteiger partial charge in [-0.2, -0.15) is 4.98 Å². The number of nitrogens with zero attached hydrogens (tertiary/aromatic N) is 1. The summed E-state index contributed by atoms with van der Waals surface area (Å²) in [6.07, 6.45) is 0.284. The zero-order chi connectivity index (χ0) is 9.97.